The molecule has 2 N–H and O–H groups in total. The Labute approximate surface area is 168 Å². The third-order valence-corrected chi connectivity index (χ3v) is 4.93. The van der Waals surface area contributed by atoms with E-state index in [1.807, 2.05) is 19.1 Å². The molecule has 2 aromatic heterocycles. The minimum atomic E-state index is -0.995. The first-order chi connectivity index (χ1) is 14.0. The van der Waals surface area contributed by atoms with Crippen LogP contribution in [0, 0.1) is 0 Å². The molecule has 0 atom stereocenters. The van der Waals surface area contributed by atoms with Gasteiger partial charge in [-0.2, -0.15) is 0 Å². The molecule has 0 saturated carbocycles. The molecule has 0 bridgehead atoms. The highest BCUT2D eigenvalue weighted by atomic mass is 32.1. The first-order valence-electron chi connectivity index (χ1n) is 8.69. The minimum Gasteiger partial charge on any atom is -0.490 e. The first-order valence-corrected chi connectivity index (χ1v) is 9.50. The molecule has 0 fully saturated rings. The Bertz CT molecular complexity index is 1250. The molecular formula is C20H15N3O5S. The lowest BCUT2D eigenvalue weighted by atomic mass is 10.2. The van der Waals surface area contributed by atoms with Crippen LogP contribution in [0.5, 0.6) is 5.75 Å². The van der Waals surface area contributed by atoms with Crippen LogP contribution < -0.4 is 15.7 Å². The smallest absolute Gasteiger partial charge is 0.346 e. The van der Waals surface area contributed by atoms with Crippen LogP contribution in [0.1, 0.15) is 17.3 Å². The van der Waals surface area contributed by atoms with Crippen molar-refractivity contribution in [3.63, 3.8) is 0 Å². The third-order valence-electron chi connectivity index (χ3n) is 4.06. The van der Waals surface area contributed by atoms with Gasteiger partial charge in [0.2, 0.25) is 5.13 Å². The van der Waals surface area contributed by atoms with Crippen molar-refractivity contribution in [2.75, 3.05) is 11.9 Å². The van der Waals surface area contributed by atoms with Crippen molar-refractivity contribution in [3.05, 3.63) is 64.5 Å². The van der Waals surface area contributed by atoms with Crippen LogP contribution in [0.2, 0.25) is 0 Å². The van der Waals surface area contributed by atoms with Gasteiger partial charge in [-0.15, -0.1) is 10.2 Å². The van der Waals surface area contributed by atoms with Gasteiger partial charge in [-0.25, -0.2) is 9.59 Å². The second-order valence-corrected chi connectivity index (χ2v) is 6.95. The highest BCUT2D eigenvalue weighted by Gasteiger charge is 2.15. The molecule has 4 aromatic rings. The Balaban J connectivity index is 1.63. The molecule has 0 unspecified atom stereocenters. The van der Waals surface area contributed by atoms with Gasteiger partial charge in [0.25, 0.3) is 0 Å². The number of carbonyl (C=O) groups is 1. The normalized spacial score (nSPS) is 10.8. The molecule has 0 aliphatic rings. The van der Waals surface area contributed by atoms with Gasteiger partial charge < -0.3 is 19.6 Å². The van der Waals surface area contributed by atoms with E-state index in [1.54, 1.807) is 24.3 Å². The van der Waals surface area contributed by atoms with Gasteiger partial charge >= 0.3 is 11.6 Å². The summed E-state index contributed by atoms with van der Waals surface area (Å²) in [7, 11) is 0. The summed E-state index contributed by atoms with van der Waals surface area (Å²) in [6, 6.07) is 13.3. The van der Waals surface area contributed by atoms with Crippen LogP contribution in [-0.2, 0) is 0 Å². The molecular weight excluding hydrogens is 394 g/mol. The van der Waals surface area contributed by atoms with Crippen molar-refractivity contribution in [1.29, 1.82) is 0 Å². The van der Waals surface area contributed by atoms with Gasteiger partial charge in [0.05, 0.1) is 17.7 Å². The molecule has 29 heavy (non-hydrogen) atoms. The van der Waals surface area contributed by atoms with Crippen LogP contribution >= 0.6 is 11.3 Å². The van der Waals surface area contributed by atoms with E-state index in [9.17, 15) is 9.59 Å². The summed E-state index contributed by atoms with van der Waals surface area (Å²) < 4.78 is 11.0. The summed E-state index contributed by atoms with van der Waals surface area (Å²) in [5.74, 6) is -0.483. The van der Waals surface area contributed by atoms with E-state index >= 15 is 0 Å². The monoisotopic (exact) mass is 409 g/mol. The number of para-hydroxylation sites is 1. The molecule has 8 nitrogen and oxygen atoms in total. The quantitative estimate of drug-likeness (QED) is 0.457. The Morgan fingerprint density at radius 1 is 1.21 bits per heavy atom. The van der Waals surface area contributed by atoms with Crippen molar-refractivity contribution in [2.24, 2.45) is 0 Å². The standard InChI is InChI=1S/C20H15N3O5S/c1-2-27-15-5-3-4-12-10-14(19(26)28-16(12)15)17-22-23-20(29-17)21-13-8-6-11(7-9-13)18(24)25/h3-10H,2H2,1H3,(H,21,23)(H,24,25). The summed E-state index contributed by atoms with van der Waals surface area (Å²) in [6.45, 7) is 2.32. The lowest BCUT2D eigenvalue weighted by Gasteiger charge is -2.06. The lowest BCUT2D eigenvalue weighted by molar-refractivity contribution is 0.0697. The average molecular weight is 409 g/mol. The number of hydrogen-bond acceptors (Lipinski definition) is 8. The maximum atomic E-state index is 12.5. The zero-order valence-corrected chi connectivity index (χ0v) is 16.0. The number of ether oxygens (including phenoxy) is 1. The number of nitrogens with one attached hydrogen (secondary N) is 1. The molecule has 0 radical (unpaired) electrons. The Hall–Kier alpha value is -3.72. The van der Waals surface area contributed by atoms with E-state index in [1.165, 1.54) is 23.5 Å². The number of carboxylic acids is 1. The Morgan fingerprint density at radius 3 is 2.72 bits per heavy atom. The van der Waals surface area contributed by atoms with Gasteiger partial charge in [0, 0.05) is 11.1 Å². The fraction of sp³-hybridized carbons (Fsp3) is 0.100. The van der Waals surface area contributed by atoms with Crippen LogP contribution in [0.25, 0.3) is 21.5 Å². The van der Waals surface area contributed by atoms with Gasteiger partial charge in [0.1, 0.15) is 0 Å². The van der Waals surface area contributed by atoms with Gasteiger partial charge in [-0.3, -0.25) is 0 Å². The molecule has 4 rings (SSSR count). The highest BCUT2D eigenvalue weighted by molar-refractivity contribution is 7.18. The second kappa shape index (κ2) is 7.72. The van der Waals surface area contributed by atoms with Crippen LogP contribution in [0.4, 0.5) is 10.8 Å². The topological polar surface area (TPSA) is 115 Å². The summed E-state index contributed by atoms with van der Waals surface area (Å²) in [5.41, 5.74) is 1.01. The van der Waals surface area contributed by atoms with E-state index < -0.39 is 11.6 Å². The second-order valence-electron chi connectivity index (χ2n) is 5.97. The molecule has 0 amide bonds. The lowest BCUT2D eigenvalue weighted by Crippen LogP contribution is -2.03. The molecule has 0 spiro atoms. The molecule has 2 heterocycles. The molecule has 0 saturated heterocycles. The number of aromatic nitrogens is 2. The van der Waals surface area contributed by atoms with E-state index in [0.717, 1.165) is 5.39 Å². The number of aromatic carboxylic acids is 1. The van der Waals surface area contributed by atoms with E-state index in [4.69, 9.17) is 14.3 Å². The summed E-state index contributed by atoms with van der Waals surface area (Å²) in [6.07, 6.45) is 0. The largest absolute Gasteiger partial charge is 0.490 e. The Kier molecular flexibility index (Phi) is 4.96. The van der Waals surface area contributed by atoms with Crippen molar-refractivity contribution >= 4 is 39.1 Å². The average Bonchev–Trinajstić information content (AvgIpc) is 3.17. The number of anilines is 2. The maximum Gasteiger partial charge on any atom is 0.346 e. The molecule has 0 aliphatic carbocycles. The van der Waals surface area contributed by atoms with E-state index in [-0.39, 0.29) is 5.56 Å². The maximum absolute atomic E-state index is 12.5. The zero-order valence-electron chi connectivity index (χ0n) is 15.2. The predicted molar refractivity (Wildman–Crippen MR) is 109 cm³/mol. The fourth-order valence-corrected chi connectivity index (χ4v) is 3.51. The van der Waals surface area contributed by atoms with E-state index in [2.05, 4.69) is 15.5 Å². The third kappa shape index (κ3) is 3.81. The number of nitrogens with zero attached hydrogens (tertiary/aromatic N) is 2. The SMILES string of the molecule is CCOc1cccc2cc(-c3nnc(Nc4ccc(C(=O)O)cc4)s3)c(=O)oc12. The molecule has 2 aromatic carbocycles. The molecule has 0 aliphatic heterocycles. The number of carboxylic acid groups (broad SMARTS) is 1. The summed E-state index contributed by atoms with van der Waals surface area (Å²) in [5, 5.41) is 21.7. The highest BCUT2D eigenvalue weighted by Crippen LogP contribution is 2.31. The number of fused-ring (bicyclic) bond motifs is 1. The van der Waals surface area contributed by atoms with Crippen molar-refractivity contribution in [2.45, 2.75) is 6.92 Å². The van der Waals surface area contributed by atoms with Crippen LogP contribution in [-0.4, -0.2) is 27.9 Å². The van der Waals surface area contributed by atoms with Crippen molar-refractivity contribution in [3.8, 4) is 16.3 Å². The summed E-state index contributed by atoms with van der Waals surface area (Å²) in [4.78, 5) is 23.4. The van der Waals surface area contributed by atoms with Crippen molar-refractivity contribution < 1.29 is 19.1 Å². The van der Waals surface area contributed by atoms with Crippen LogP contribution in [0.3, 0.4) is 0 Å². The van der Waals surface area contributed by atoms with E-state index in [0.29, 0.717) is 39.3 Å². The zero-order chi connectivity index (χ0) is 20.4. The minimum absolute atomic E-state index is 0.189. The summed E-state index contributed by atoms with van der Waals surface area (Å²) >= 11 is 1.19. The fourth-order valence-electron chi connectivity index (χ4n) is 2.74. The first kappa shape index (κ1) is 18.6. The number of rotatable bonds is 6. The molecule has 146 valence electrons. The Morgan fingerprint density at radius 2 is 2.00 bits per heavy atom. The number of hydrogen-bond donors (Lipinski definition) is 2. The van der Waals surface area contributed by atoms with Gasteiger partial charge in [0.15, 0.2) is 16.3 Å². The van der Waals surface area contributed by atoms with Gasteiger partial charge in [-0.05, 0) is 43.3 Å². The van der Waals surface area contributed by atoms with Gasteiger partial charge in [-0.1, -0.05) is 23.5 Å². The van der Waals surface area contributed by atoms with Crippen molar-refractivity contribution in [1.82, 2.24) is 10.2 Å². The number of benzene rings is 2. The predicted octanol–water partition coefficient (Wildman–Crippen LogP) is 4.15. The molecule has 9 heteroatoms. The van der Waals surface area contributed by atoms with Crippen LogP contribution in [0.15, 0.2) is 57.7 Å².